The molecule has 0 saturated carbocycles. The number of fused-ring (bicyclic) bond motifs is 1. The third-order valence-corrected chi connectivity index (χ3v) is 4.42. The highest BCUT2D eigenvalue weighted by Crippen LogP contribution is 2.35. The lowest BCUT2D eigenvalue weighted by atomic mass is 9.84. The second-order valence-corrected chi connectivity index (χ2v) is 6.35. The van der Waals surface area contributed by atoms with Gasteiger partial charge in [0.25, 0.3) is 0 Å². The van der Waals surface area contributed by atoms with Crippen LogP contribution >= 0.6 is 0 Å². The van der Waals surface area contributed by atoms with Gasteiger partial charge in [0, 0.05) is 18.5 Å². The Morgan fingerprint density at radius 3 is 2.78 bits per heavy atom. The number of carbonyl (C=O) groups excluding carboxylic acids is 1. The molecule has 3 rings (SSSR count). The number of benzene rings is 1. The Morgan fingerprint density at radius 1 is 1.26 bits per heavy atom. The maximum absolute atomic E-state index is 11.5. The molecular formula is C20H23NO2. The highest BCUT2D eigenvalue weighted by molar-refractivity contribution is 5.68. The topological polar surface area (TPSA) is 29.5 Å². The third kappa shape index (κ3) is 3.45. The summed E-state index contributed by atoms with van der Waals surface area (Å²) in [5, 5.41) is 0. The Kier molecular flexibility index (Phi) is 4.77. The van der Waals surface area contributed by atoms with Crippen LogP contribution in [0.1, 0.15) is 17.5 Å². The second kappa shape index (κ2) is 6.97. The number of nitrogens with zero attached hydrogens (tertiary/aromatic N) is 1. The molecule has 0 radical (unpaired) electrons. The second-order valence-electron chi connectivity index (χ2n) is 6.35. The molecule has 1 aliphatic heterocycles. The average Bonchev–Trinajstić information content (AvgIpc) is 2.74. The molecule has 0 spiro atoms. The lowest BCUT2D eigenvalue weighted by Gasteiger charge is -2.22. The van der Waals surface area contributed by atoms with Crippen molar-refractivity contribution in [1.29, 1.82) is 0 Å². The quantitative estimate of drug-likeness (QED) is 0.800. The number of hydrogen-bond donors (Lipinski definition) is 0. The van der Waals surface area contributed by atoms with E-state index in [0.29, 0.717) is 6.61 Å². The van der Waals surface area contributed by atoms with Crippen molar-refractivity contribution in [3.8, 4) is 0 Å². The molecule has 1 aromatic rings. The Morgan fingerprint density at radius 2 is 2.04 bits per heavy atom. The van der Waals surface area contributed by atoms with Gasteiger partial charge in [-0.3, -0.25) is 0 Å². The van der Waals surface area contributed by atoms with Gasteiger partial charge in [0.05, 0.1) is 5.92 Å². The van der Waals surface area contributed by atoms with Crippen molar-refractivity contribution in [1.82, 2.24) is 4.90 Å². The first kappa shape index (κ1) is 15.8. The minimum Gasteiger partial charge on any atom is -0.489 e. The summed E-state index contributed by atoms with van der Waals surface area (Å²) >= 11 is 0. The summed E-state index contributed by atoms with van der Waals surface area (Å²) in [4.78, 5) is 13.7. The van der Waals surface area contributed by atoms with Gasteiger partial charge in [0.2, 0.25) is 0 Å². The third-order valence-electron chi connectivity index (χ3n) is 4.42. The van der Waals surface area contributed by atoms with Crippen molar-refractivity contribution < 1.29 is 9.53 Å². The zero-order chi connectivity index (χ0) is 16.2. The number of rotatable bonds is 4. The Bertz CT molecular complexity index is 683. The monoisotopic (exact) mass is 309 g/mol. The SMILES string of the molecule is CN(C)CC/C=C1\C2=C(C=CC1C=O)OCc1ccccc1C2. The highest BCUT2D eigenvalue weighted by atomic mass is 16.5. The van der Waals surface area contributed by atoms with Gasteiger partial charge in [-0.2, -0.15) is 0 Å². The van der Waals surface area contributed by atoms with Crippen molar-refractivity contribution in [2.45, 2.75) is 19.4 Å². The molecule has 23 heavy (non-hydrogen) atoms. The molecule has 1 atom stereocenters. The van der Waals surface area contributed by atoms with E-state index in [9.17, 15) is 4.79 Å². The highest BCUT2D eigenvalue weighted by Gasteiger charge is 2.25. The Hall–Kier alpha value is -2.13. The van der Waals surface area contributed by atoms with Crippen LogP contribution in [0.25, 0.3) is 0 Å². The summed E-state index contributed by atoms with van der Waals surface area (Å²) in [6.07, 6.45) is 8.90. The molecule has 0 aromatic heterocycles. The van der Waals surface area contributed by atoms with Gasteiger partial charge in [0.15, 0.2) is 0 Å². The van der Waals surface area contributed by atoms with Crippen molar-refractivity contribution >= 4 is 6.29 Å². The van der Waals surface area contributed by atoms with E-state index >= 15 is 0 Å². The summed E-state index contributed by atoms with van der Waals surface area (Å²) in [6.45, 7) is 1.56. The molecule has 0 amide bonds. The van der Waals surface area contributed by atoms with E-state index in [1.54, 1.807) is 0 Å². The van der Waals surface area contributed by atoms with Gasteiger partial charge in [-0.05, 0) is 43.3 Å². The molecular weight excluding hydrogens is 286 g/mol. The average molecular weight is 309 g/mol. The number of allylic oxidation sites excluding steroid dienone is 4. The molecule has 0 fully saturated rings. The van der Waals surface area contributed by atoms with E-state index in [2.05, 4.69) is 43.3 Å². The first-order chi connectivity index (χ1) is 11.2. The fourth-order valence-electron chi connectivity index (χ4n) is 3.14. The van der Waals surface area contributed by atoms with Crippen LogP contribution in [-0.4, -0.2) is 31.8 Å². The Labute approximate surface area is 137 Å². The first-order valence-electron chi connectivity index (χ1n) is 8.10. The number of ether oxygens (including phenoxy) is 1. The molecule has 1 unspecified atom stereocenters. The predicted octanol–water partition coefficient (Wildman–Crippen LogP) is 3.28. The standard InChI is InChI=1S/C20H23NO2/c1-21(2)11-5-8-18-16(13-22)9-10-20-19(18)12-15-6-3-4-7-17(15)14-23-20/h3-4,6-10,13,16H,5,11-12,14H2,1-2H3/b18-8-. The molecule has 1 aromatic carbocycles. The van der Waals surface area contributed by atoms with E-state index < -0.39 is 0 Å². The largest absolute Gasteiger partial charge is 0.489 e. The molecule has 0 saturated heterocycles. The normalized spacial score (nSPS) is 21.7. The van der Waals surface area contributed by atoms with Gasteiger partial charge in [0.1, 0.15) is 18.7 Å². The van der Waals surface area contributed by atoms with E-state index in [1.165, 1.54) is 11.1 Å². The number of carbonyl (C=O) groups is 1. The Balaban J connectivity index is 1.94. The van der Waals surface area contributed by atoms with E-state index in [4.69, 9.17) is 4.74 Å². The van der Waals surface area contributed by atoms with Crippen LogP contribution < -0.4 is 0 Å². The summed E-state index contributed by atoms with van der Waals surface area (Å²) in [5.74, 6) is 0.750. The zero-order valence-corrected chi connectivity index (χ0v) is 13.8. The minimum atomic E-state index is -0.162. The van der Waals surface area contributed by atoms with E-state index in [0.717, 1.165) is 42.6 Å². The summed E-state index contributed by atoms with van der Waals surface area (Å²) < 4.78 is 6.01. The molecule has 3 heteroatoms. The summed E-state index contributed by atoms with van der Waals surface area (Å²) in [5.41, 5.74) is 4.78. The van der Waals surface area contributed by atoms with Gasteiger partial charge in [-0.25, -0.2) is 0 Å². The molecule has 1 heterocycles. The van der Waals surface area contributed by atoms with Crippen molar-refractivity contribution in [3.63, 3.8) is 0 Å². The van der Waals surface area contributed by atoms with Crippen LogP contribution in [0.2, 0.25) is 0 Å². The fourth-order valence-corrected chi connectivity index (χ4v) is 3.14. The summed E-state index contributed by atoms with van der Waals surface area (Å²) in [7, 11) is 4.12. The smallest absolute Gasteiger partial charge is 0.131 e. The van der Waals surface area contributed by atoms with Crippen LogP contribution in [0.3, 0.4) is 0 Å². The van der Waals surface area contributed by atoms with Crippen molar-refractivity contribution in [3.05, 3.63) is 70.5 Å². The lowest BCUT2D eigenvalue weighted by Crippen LogP contribution is -2.15. The van der Waals surface area contributed by atoms with E-state index in [1.807, 2.05) is 18.2 Å². The van der Waals surface area contributed by atoms with Gasteiger partial charge < -0.3 is 14.4 Å². The van der Waals surface area contributed by atoms with E-state index in [-0.39, 0.29) is 5.92 Å². The van der Waals surface area contributed by atoms with Gasteiger partial charge >= 0.3 is 0 Å². The molecule has 0 bridgehead atoms. The molecule has 0 N–H and O–H groups in total. The van der Waals surface area contributed by atoms with Crippen LogP contribution in [0.4, 0.5) is 0 Å². The van der Waals surface area contributed by atoms with Crippen LogP contribution in [-0.2, 0) is 22.6 Å². The van der Waals surface area contributed by atoms with Crippen molar-refractivity contribution in [2.24, 2.45) is 5.92 Å². The maximum atomic E-state index is 11.5. The lowest BCUT2D eigenvalue weighted by molar-refractivity contribution is -0.109. The number of hydrogen-bond acceptors (Lipinski definition) is 3. The van der Waals surface area contributed by atoms with Crippen LogP contribution in [0.5, 0.6) is 0 Å². The first-order valence-corrected chi connectivity index (χ1v) is 8.10. The minimum absolute atomic E-state index is 0.162. The van der Waals surface area contributed by atoms with Gasteiger partial charge in [-0.15, -0.1) is 0 Å². The van der Waals surface area contributed by atoms with Crippen LogP contribution in [0.15, 0.2) is 59.4 Å². The van der Waals surface area contributed by atoms with Crippen molar-refractivity contribution in [2.75, 3.05) is 20.6 Å². The van der Waals surface area contributed by atoms with Gasteiger partial charge in [-0.1, -0.05) is 36.4 Å². The predicted molar refractivity (Wildman–Crippen MR) is 91.9 cm³/mol. The van der Waals surface area contributed by atoms with Crippen LogP contribution in [0, 0.1) is 5.92 Å². The molecule has 1 aliphatic carbocycles. The zero-order valence-electron chi connectivity index (χ0n) is 13.8. The maximum Gasteiger partial charge on any atom is 0.131 e. The number of aldehydes is 1. The molecule has 2 aliphatic rings. The fraction of sp³-hybridized carbons (Fsp3) is 0.350. The summed E-state index contributed by atoms with van der Waals surface area (Å²) in [6, 6.07) is 8.38. The molecule has 3 nitrogen and oxygen atoms in total. The molecule has 120 valence electrons.